The van der Waals surface area contributed by atoms with Gasteiger partial charge in [-0.05, 0) is 65.7 Å². The zero-order chi connectivity index (χ0) is 27.7. The Morgan fingerprint density at radius 3 is 2.51 bits per heavy atom. The molecule has 9 nitrogen and oxygen atoms in total. The molecule has 2 atom stereocenters. The largest absolute Gasteiger partial charge is 0.771 e. The van der Waals surface area contributed by atoms with Crippen LogP contribution in [-0.4, -0.2) is 72.6 Å². The van der Waals surface area contributed by atoms with Crippen molar-refractivity contribution in [3.63, 3.8) is 0 Å². The van der Waals surface area contributed by atoms with Gasteiger partial charge in [0.1, 0.15) is 6.54 Å². The van der Waals surface area contributed by atoms with Crippen molar-refractivity contribution in [3.8, 4) is 0 Å². The number of amides is 1. The molecule has 2 unspecified atom stereocenters. The van der Waals surface area contributed by atoms with Crippen LogP contribution in [0.5, 0.6) is 0 Å². The van der Waals surface area contributed by atoms with Crippen molar-refractivity contribution in [1.29, 1.82) is 0 Å². The Hall–Kier alpha value is -2.50. The lowest BCUT2D eigenvalue weighted by atomic mass is 9.84. The number of anilines is 1. The van der Waals surface area contributed by atoms with Gasteiger partial charge in [-0.1, -0.05) is 35.7 Å². The minimum atomic E-state index is -2.12. The zero-order valence-electron chi connectivity index (χ0n) is 21.6. The Balaban J connectivity index is 1.27. The molecule has 3 aromatic rings. The van der Waals surface area contributed by atoms with Crippen molar-refractivity contribution in [1.82, 2.24) is 19.4 Å². The molecule has 2 heterocycles. The smallest absolute Gasteiger partial charge is 0.261 e. The third-order valence-corrected chi connectivity index (χ3v) is 9.55. The lowest BCUT2D eigenvalue weighted by molar-refractivity contribution is -0.131. The molecule has 1 aromatic heterocycles. The normalized spacial score (nSPS) is 18.1. The average molecular weight is 592 g/mol. The standard InChI is InChI=1S/C27H31Cl2N5O4S/c1-31(15-18-5-7-22(28)23(29)13-18)25(35)16-34-17-30-24-8-6-20(14-21(24)26(34)36)32-9-11-33(12-10-32)27(39(37)38)19-3-2-4-19/h5-8,13-14,17,19,27H,2-4,9-12,15-16H2,1H3,(H,37,38)/p-1. The molecular formula is C27H30Cl2N5O4S-. The van der Waals surface area contributed by atoms with Gasteiger partial charge >= 0.3 is 0 Å². The molecule has 2 aromatic carbocycles. The predicted molar refractivity (Wildman–Crippen MR) is 153 cm³/mol. The van der Waals surface area contributed by atoms with Crippen LogP contribution >= 0.6 is 23.2 Å². The highest BCUT2D eigenvalue weighted by atomic mass is 35.5. The molecule has 0 radical (unpaired) electrons. The minimum absolute atomic E-state index is 0.141. The quantitative estimate of drug-likeness (QED) is 0.370. The maximum absolute atomic E-state index is 13.3. The molecule has 208 valence electrons. The van der Waals surface area contributed by atoms with E-state index in [1.165, 1.54) is 15.8 Å². The second-order valence-electron chi connectivity index (χ2n) is 10.2. The Kier molecular flexibility index (Phi) is 8.58. The molecule has 1 amide bonds. The summed E-state index contributed by atoms with van der Waals surface area (Å²) in [5.74, 6) is -0.0146. The zero-order valence-corrected chi connectivity index (χ0v) is 23.9. The summed E-state index contributed by atoms with van der Waals surface area (Å²) in [7, 11) is 1.67. The van der Waals surface area contributed by atoms with Gasteiger partial charge in [-0.2, -0.15) is 0 Å². The van der Waals surface area contributed by atoms with Crippen molar-refractivity contribution in [2.75, 3.05) is 38.1 Å². The lowest BCUT2D eigenvalue weighted by Crippen LogP contribution is -2.54. The average Bonchev–Trinajstić information content (AvgIpc) is 2.89. The lowest BCUT2D eigenvalue weighted by Gasteiger charge is -2.46. The molecule has 1 saturated carbocycles. The van der Waals surface area contributed by atoms with E-state index in [1.807, 2.05) is 18.2 Å². The van der Waals surface area contributed by atoms with Gasteiger partial charge in [0.15, 0.2) is 0 Å². The summed E-state index contributed by atoms with van der Waals surface area (Å²) >= 11 is 9.94. The second-order valence-corrected chi connectivity index (χ2v) is 12.1. The van der Waals surface area contributed by atoms with Crippen LogP contribution < -0.4 is 10.5 Å². The third-order valence-electron chi connectivity index (χ3n) is 7.73. The van der Waals surface area contributed by atoms with Crippen LogP contribution in [0.4, 0.5) is 5.69 Å². The fourth-order valence-corrected chi connectivity index (χ4v) is 6.62. The van der Waals surface area contributed by atoms with E-state index in [0.29, 0.717) is 53.7 Å². The van der Waals surface area contributed by atoms with Gasteiger partial charge in [-0.25, -0.2) is 4.98 Å². The highest BCUT2D eigenvalue weighted by molar-refractivity contribution is 7.79. The number of nitrogens with zero attached hydrogens (tertiary/aromatic N) is 5. The Bertz CT molecular complexity index is 1460. The van der Waals surface area contributed by atoms with Crippen molar-refractivity contribution in [2.24, 2.45) is 5.92 Å². The number of aromatic nitrogens is 2. The van der Waals surface area contributed by atoms with Crippen LogP contribution in [0.25, 0.3) is 10.9 Å². The fourth-order valence-electron chi connectivity index (χ4n) is 5.26. The summed E-state index contributed by atoms with van der Waals surface area (Å²) in [5, 5.41) is 0.883. The van der Waals surface area contributed by atoms with Crippen LogP contribution in [0.1, 0.15) is 24.8 Å². The summed E-state index contributed by atoms with van der Waals surface area (Å²) in [6.45, 7) is 2.80. The summed E-state index contributed by atoms with van der Waals surface area (Å²) < 4.78 is 25.1. The number of carbonyl (C=O) groups is 1. The first-order valence-corrected chi connectivity index (χ1v) is 14.8. The van der Waals surface area contributed by atoms with Gasteiger partial charge in [-0.3, -0.25) is 23.3 Å². The molecule has 1 aliphatic heterocycles. The van der Waals surface area contributed by atoms with E-state index in [9.17, 15) is 18.4 Å². The molecular weight excluding hydrogens is 561 g/mol. The summed E-state index contributed by atoms with van der Waals surface area (Å²) in [6, 6.07) is 10.8. The van der Waals surface area contributed by atoms with Gasteiger partial charge in [0.05, 0.1) is 32.6 Å². The van der Waals surface area contributed by atoms with Crippen LogP contribution in [0.2, 0.25) is 10.0 Å². The summed E-state index contributed by atoms with van der Waals surface area (Å²) in [5.41, 5.74) is 1.98. The Morgan fingerprint density at radius 2 is 1.87 bits per heavy atom. The van der Waals surface area contributed by atoms with Gasteiger partial charge in [0.25, 0.3) is 5.56 Å². The molecule has 5 rings (SSSR count). The van der Waals surface area contributed by atoms with Crippen LogP contribution in [0.3, 0.4) is 0 Å². The van der Waals surface area contributed by atoms with Crippen molar-refractivity contribution in [2.45, 2.75) is 37.7 Å². The third kappa shape index (κ3) is 6.15. The van der Waals surface area contributed by atoms with Crippen molar-refractivity contribution < 1.29 is 13.6 Å². The molecule has 2 fully saturated rings. The number of rotatable bonds is 8. The number of piperazine rings is 1. The second kappa shape index (κ2) is 11.9. The topological polar surface area (TPSA) is 102 Å². The van der Waals surface area contributed by atoms with Crippen LogP contribution in [-0.2, 0) is 29.0 Å². The minimum Gasteiger partial charge on any atom is -0.771 e. The van der Waals surface area contributed by atoms with E-state index < -0.39 is 16.5 Å². The molecule has 2 aliphatic rings. The molecule has 0 spiro atoms. The maximum Gasteiger partial charge on any atom is 0.261 e. The van der Waals surface area contributed by atoms with Gasteiger partial charge < -0.3 is 14.4 Å². The van der Waals surface area contributed by atoms with Crippen molar-refractivity contribution in [3.05, 3.63) is 68.7 Å². The van der Waals surface area contributed by atoms with E-state index in [0.717, 1.165) is 30.5 Å². The highest BCUT2D eigenvalue weighted by Gasteiger charge is 2.34. The fraction of sp³-hybridized carbons (Fsp3) is 0.444. The number of carbonyl (C=O) groups excluding carboxylic acids is 1. The number of hydrogen-bond acceptors (Lipinski definition) is 7. The summed E-state index contributed by atoms with van der Waals surface area (Å²) in [4.78, 5) is 36.4. The van der Waals surface area contributed by atoms with Gasteiger partial charge in [0.2, 0.25) is 5.91 Å². The van der Waals surface area contributed by atoms with E-state index in [1.54, 1.807) is 25.2 Å². The summed E-state index contributed by atoms with van der Waals surface area (Å²) in [6.07, 6.45) is 4.44. The predicted octanol–water partition coefficient (Wildman–Crippen LogP) is 3.49. The van der Waals surface area contributed by atoms with Crippen molar-refractivity contribution >= 4 is 56.8 Å². The van der Waals surface area contributed by atoms with Gasteiger partial charge in [0, 0.05) is 45.5 Å². The van der Waals surface area contributed by atoms with Crippen LogP contribution in [0.15, 0.2) is 47.5 Å². The number of fused-ring (bicyclic) bond motifs is 1. The van der Waals surface area contributed by atoms with E-state index in [4.69, 9.17) is 23.2 Å². The first-order chi connectivity index (χ1) is 18.7. The van der Waals surface area contributed by atoms with E-state index in [-0.39, 0.29) is 23.9 Å². The number of hydrogen-bond donors (Lipinski definition) is 0. The van der Waals surface area contributed by atoms with Crippen LogP contribution in [0, 0.1) is 5.92 Å². The Morgan fingerprint density at radius 1 is 1.13 bits per heavy atom. The van der Waals surface area contributed by atoms with Gasteiger partial charge in [-0.15, -0.1) is 0 Å². The number of benzene rings is 2. The number of halogens is 2. The number of likely N-dealkylation sites (N-methyl/N-ethyl adjacent to an activating group) is 1. The molecule has 1 saturated heterocycles. The molecule has 1 aliphatic carbocycles. The Labute approximate surface area is 239 Å². The molecule has 0 bridgehead atoms. The molecule has 12 heteroatoms. The maximum atomic E-state index is 13.3. The first kappa shape index (κ1) is 28.0. The monoisotopic (exact) mass is 590 g/mol. The highest BCUT2D eigenvalue weighted by Crippen LogP contribution is 2.34. The SMILES string of the molecule is CN(Cc1ccc(Cl)c(Cl)c1)C(=O)Cn1cnc2ccc(N3CCN(C(C4CCC4)S(=O)[O-])CC3)cc2c1=O. The van der Waals surface area contributed by atoms with E-state index >= 15 is 0 Å². The van der Waals surface area contributed by atoms with E-state index in [2.05, 4.69) is 14.8 Å². The molecule has 0 N–H and O–H groups in total. The molecule has 39 heavy (non-hydrogen) atoms. The first-order valence-electron chi connectivity index (χ1n) is 13.0.